The van der Waals surface area contributed by atoms with Crippen molar-refractivity contribution in [1.82, 2.24) is 4.98 Å². The van der Waals surface area contributed by atoms with E-state index in [1.54, 1.807) is 0 Å². The lowest BCUT2D eigenvalue weighted by Crippen LogP contribution is -2.30. The van der Waals surface area contributed by atoms with E-state index < -0.39 is 0 Å². The second-order valence-electron chi connectivity index (χ2n) is 10.6. The second-order valence-corrected chi connectivity index (χ2v) is 10.6. The van der Waals surface area contributed by atoms with Crippen molar-refractivity contribution in [3.63, 3.8) is 0 Å². The second kappa shape index (κ2) is 11.6. The Bertz CT molecular complexity index is 1740. The summed E-state index contributed by atoms with van der Waals surface area (Å²) in [6, 6.07) is 35.7. The topological polar surface area (TPSA) is 43.2 Å². The molecule has 5 aromatic rings. The van der Waals surface area contributed by atoms with E-state index in [4.69, 9.17) is 4.98 Å². The quantitative estimate of drug-likeness (QED) is 0.217. The first kappa shape index (κ1) is 26.2. The number of nitrogens with zero attached hydrogens (tertiary/aromatic N) is 4. The lowest BCUT2D eigenvalue weighted by Gasteiger charge is -2.29. The summed E-state index contributed by atoms with van der Waals surface area (Å²) in [6.07, 6.45) is 3.56. The highest BCUT2D eigenvalue weighted by atomic mass is 15.2. The molecule has 1 aromatic heterocycles. The van der Waals surface area contributed by atoms with E-state index in [1.165, 1.54) is 6.42 Å². The smallest absolute Gasteiger partial charge is 0.138 e. The minimum Gasteiger partial charge on any atom is -0.356 e. The van der Waals surface area contributed by atoms with Crippen LogP contribution in [0.15, 0.2) is 97.1 Å². The highest BCUT2D eigenvalue weighted by Crippen LogP contribution is 2.35. The van der Waals surface area contributed by atoms with Crippen molar-refractivity contribution in [2.45, 2.75) is 33.1 Å². The molecule has 0 unspecified atom stereocenters. The van der Waals surface area contributed by atoms with E-state index in [9.17, 15) is 5.26 Å². The number of rotatable bonds is 4. The van der Waals surface area contributed by atoms with E-state index >= 15 is 0 Å². The molecule has 4 aromatic carbocycles. The van der Waals surface area contributed by atoms with Gasteiger partial charge in [0.15, 0.2) is 0 Å². The van der Waals surface area contributed by atoms with Gasteiger partial charge in [-0.05, 0) is 105 Å². The molecule has 1 fully saturated rings. The predicted molar refractivity (Wildman–Crippen MR) is 169 cm³/mol. The zero-order valence-corrected chi connectivity index (χ0v) is 23.6. The molecule has 0 radical (unpaired) electrons. The van der Waals surface area contributed by atoms with Gasteiger partial charge in [0.05, 0.1) is 11.1 Å². The summed E-state index contributed by atoms with van der Waals surface area (Å²) in [6.45, 7) is 6.00. The van der Waals surface area contributed by atoms with Gasteiger partial charge < -0.3 is 9.80 Å². The van der Waals surface area contributed by atoms with E-state index in [-0.39, 0.29) is 0 Å². The molecule has 41 heavy (non-hydrogen) atoms. The minimum atomic E-state index is 0.630. The van der Waals surface area contributed by atoms with Gasteiger partial charge >= 0.3 is 0 Å². The molecule has 4 heteroatoms. The van der Waals surface area contributed by atoms with E-state index in [2.05, 4.69) is 113 Å². The molecule has 2 heterocycles. The van der Waals surface area contributed by atoms with Crippen LogP contribution in [0.4, 0.5) is 22.9 Å². The Morgan fingerprint density at radius 3 is 1.93 bits per heavy atom. The third-order valence-electron chi connectivity index (χ3n) is 7.68. The molecule has 0 N–H and O–H groups in total. The lowest BCUT2D eigenvalue weighted by atomic mass is 9.94. The summed E-state index contributed by atoms with van der Waals surface area (Å²) >= 11 is 0. The Balaban J connectivity index is 1.43. The van der Waals surface area contributed by atoms with Gasteiger partial charge in [-0.2, -0.15) is 5.26 Å². The van der Waals surface area contributed by atoms with Crippen LogP contribution in [0.1, 0.15) is 47.2 Å². The Kier molecular flexibility index (Phi) is 7.40. The first-order chi connectivity index (χ1) is 20.1. The van der Waals surface area contributed by atoms with Crippen LogP contribution in [0.5, 0.6) is 0 Å². The van der Waals surface area contributed by atoms with Crippen LogP contribution in [-0.4, -0.2) is 18.1 Å². The van der Waals surface area contributed by atoms with Crippen LogP contribution in [0.25, 0.3) is 10.8 Å². The van der Waals surface area contributed by atoms with Gasteiger partial charge in [0, 0.05) is 46.8 Å². The van der Waals surface area contributed by atoms with Crippen LogP contribution in [0.2, 0.25) is 0 Å². The van der Waals surface area contributed by atoms with Gasteiger partial charge in [0.25, 0.3) is 0 Å². The van der Waals surface area contributed by atoms with Crippen molar-refractivity contribution < 1.29 is 0 Å². The van der Waals surface area contributed by atoms with Crippen LogP contribution in [-0.2, 0) is 0 Å². The number of aromatic nitrogens is 1. The number of nitriles is 1. The van der Waals surface area contributed by atoms with Crippen molar-refractivity contribution in [1.29, 1.82) is 5.26 Å². The Morgan fingerprint density at radius 2 is 1.32 bits per heavy atom. The Morgan fingerprint density at radius 1 is 0.707 bits per heavy atom. The lowest BCUT2D eigenvalue weighted by molar-refractivity contribution is 0.574. The van der Waals surface area contributed by atoms with E-state index in [1.807, 2.05) is 26.0 Å². The third-order valence-corrected chi connectivity index (χ3v) is 7.68. The number of benzene rings is 4. The summed E-state index contributed by atoms with van der Waals surface area (Å²) in [5.74, 6) is 7.76. The molecule has 1 saturated heterocycles. The average molecular weight is 533 g/mol. The highest BCUT2D eigenvalue weighted by Gasteiger charge is 2.20. The molecule has 0 atom stereocenters. The summed E-state index contributed by atoms with van der Waals surface area (Å²) in [5, 5.41) is 12.3. The predicted octanol–water partition coefficient (Wildman–Crippen LogP) is 8.58. The average Bonchev–Trinajstić information content (AvgIpc) is 3.01. The largest absolute Gasteiger partial charge is 0.356 e. The van der Waals surface area contributed by atoms with Crippen molar-refractivity contribution >= 4 is 33.7 Å². The van der Waals surface area contributed by atoms with Crippen LogP contribution in [0.3, 0.4) is 0 Å². The fraction of sp³-hybridized carbons (Fsp3) is 0.189. The number of aryl methyl sites for hydroxylation is 2. The number of hydrogen-bond donors (Lipinski definition) is 0. The Hall–Kier alpha value is -5.06. The molecule has 0 spiro atoms. The summed E-state index contributed by atoms with van der Waals surface area (Å²) in [7, 11) is 0. The van der Waals surface area contributed by atoms with Crippen molar-refractivity contribution in [3.05, 3.63) is 125 Å². The molecule has 6 rings (SSSR count). The Labute approximate surface area is 242 Å². The number of para-hydroxylation sites is 2. The maximum atomic E-state index is 10.2. The fourth-order valence-corrected chi connectivity index (χ4v) is 5.71. The molecule has 0 amide bonds. The molecule has 0 saturated carbocycles. The molecule has 4 nitrogen and oxygen atoms in total. The number of fused-ring (bicyclic) bond motifs is 1. The van der Waals surface area contributed by atoms with Gasteiger partial charge in [-0.25, -0.2) is 4.98 Å². The van der Waals surface area contributed by atoms with Gasteiger partial charge in [-0.15, -0.1) is 0 Å². The standard InChI is InChI=1S/C37H32N4/c1-27-24-30-25-28(2)39-37(40-22-10-5-11-23-40)36(30)34(35(27)26-38)21-18-29-16-19-33(20-17-29)41(31-12-6-3-7-13-31)32-14-8-4-9-15-32/h3-4,6-9,12-17,19-20,24-25H,5,10-11,22-23H2,1-2H3. The maximum Gasteiger partial charge on any atom is 0.138 e. The van der Waals surface area contributed by atoms with Crippen LogP contribution >= 0.6 is 0 Å². The molecular weight excluding hydrogens is 500 g/mol. The van der Waals surface area contributed by atoms with Gasteiger partial charge in [0.1, 0.15) is 11.9 Å². The summed E-state index contributed by atoms with van der Waals surface area (Å²) in [4.78, 5) is 9.58. The third kappa shape index (κ3) is 5.38. The summed E-state index contributed by atoms with van der Waals surface area (Å²) < 4.78 is 0. The maximum absolute atomic E-state index is 10.2. The fourth-order valence-electron chi connectivity index (χ4n) is 5.71. The van der Waals surface area contributed by atoms with E-state index in [0.717, 1.165) is 82.0 Å². The number of pyridine rings is 1. The first-order valence-electron chi connectivity index (χ1n) is 14.2. The number of hydrogen-bond acceptors (Lipinski definition) is 4. The molecular formula is C37H32N4. The van der Waals surface area contributed by atoms with Crippen molar-refractivity contribution in [2.75, 3.05) is 22.9 Å². The molecule has 200 valence electrons. The molecule has 0 aliphatic carbocycles. The van der Waals surface area contributed by atoms with Crippen LogP contribution in [0, 0.1) is 37.0 Å². The number of anilines is 4. The monoisotopic (exact) mass is 532 g/mol. The zero-order chi connectivity index (χ0) is 28.2. The van der Waals surface area contributed by atoms with Gasteiger partial charge in [0.2, 0.25) is 0 Å². The molecule has 0 bridgehead atoms. The number of piperidine rings is 1. The molecule has 1 aliphatic rings. The molecule has 1 aliphatic heterocycles. The van der Waals surface area contributed by atoms with Gasteiger partial charge in [-0.3, -0.25) is 0 Å². The minimum absolute atomic E-state index is 0.630. The van der Waals surface area contributed by atoms with Gasteiger partial charge in [-0.1, -0.05) is 48.2 Å². The van der Waals surface area contributed by atoms with Crippen LogP contribution < -0.4 is 9.80 Å². The highest BCUT2D eigenvalue weighted by molar-refractivity contribution is 5.99. The SMILES string of the molecule is Cc1cc2cc(C)c(C#N)c(C#Cc3ccc(N(c4ccccc4)c4ccccc4)cc3)c2c(N2CCCCC2)n1. The summed E-state index contributed by atoms with van der Waals surface area (Å²) in [5.41, 5.74) is 7.46. The zero-order valence-electron chi connectivity index (χ0n) is 23.6. The normalized spacial score (nSPS) is 12.9. The van der Waals surface area contributed by atoms with Crippen molar-refractivity contribution in [3.8, 4) is 17.9 Å². The van der Waals surface area contributed by atoms with E-state index in [0.29, 0.717) is 5.56 Å². The van der Waals surface area contributed by atoms with Crippen molar-refractivity contribution in [2.24, 2.45) is 0 Å². The first-order valence-corrected chi connectivity index (χ1v) is 14.2.